The van der Waals surface area contributed by atoms with E-state index in [1.165, 1.54) is 0 Å². The van der Waals surface area contributed by atoms with Crippen LogP contribution in [-0.2, 0) is 20.9 Å². The Hall–Kier alpha value is -4.21. The maximum absolute atomic E-state index is 12.4. The number of fused-ring (bicyclic) bond motifs is 1. The van der Waals surface area contributed by atoms with E-state index in [9.17, 15) is 24.0 Å². The van der Waals surface area contributed by atoms with Crippen molar-refractivity contribution in [1.29, 1.82) is 0 Å². The summed E-state index contributed by atoms with van der Waals surface area (Å²) in [4.78, 5) is 61.9. The van der Waals surface area contributed by atoms with E-state index in [1.807, 2.05) is 0 Å². The summed E-state index contributed by atoms with van der Waals surface area (Å²) < 4.78 is 5.08. The Balaban J connectivity index is 1.43. The van der Waals surface area contributed by atoms with Gasteiger partial charge in [0.05, 0.1) is 11.1 Å². The largest absolute Gasteiger partial charge is 0.444 e. The summed E-state index contributed by atoms with van der Waals surface area (Å²) in [6.45, 7) is 5.10. The predicted octanol–water partition coefficient (Wildman–Crippen LogP) is 2.45. The van der Waals surface area contributed by atoms with Gasteiger partial charge in [0.15, 0.2) is 0 Å². The lowest BCUT2D eigenvalue weighted by atomic mass is 10.1. The SMILES string of the molecule is CC(C)(C)OC(=O)NCC(=O)Nc1cccc(CNC(=O)CCN2C(=O)c3ccccc3C2=O)c1. The molecule has 0 radical (unpaired) electrons. The quantitative estimate of drug-likeness (QED) is 0.497. The van der Waals surface area contributed by atoms with Gasteiger partial charge < -0.3 is 20.7 Å². The van der Waals surface area contributed by atoms with Crippen LogP contribution in [0.15, 0.2) is 48.5 Å². The fourth-order valence-corrected chi connectivity index (χ4v) is 3.38. The molecular weight excluding hydrogens is 452 g/mol. The maximum Gasteiger partial charge on any atom is 0.408 e. The van der Waals surface area contributed by atoms with Crippen molar-refractivity contribution in [3.63, 3.8) is 0 Å². The van der Waals surface area contributed by atoms with Crippen LogP contribution in [0.4, 0.5) is 10.5 Å². The van der Waals surface area contributed by atoms with Crippen LogP contribution in [0.1, 0.15) is 53.5 Å². The topological polar surface area (TPSA) is 134 Å². The number of ether oxygens (including phenoxy) is 1. The number of hydrogen-bond donors (Lipinski definition) is 3. The number of nitrogens with zero attached hydrogens (tertiary/aromatic N) is 1. The number of carbonyl (C=O) groups excluding carboxylic acids is 5. The standard InChI is InChI=1S/C25H28N4O6/c1-25(2,3)35-24(34)27-15-21(31)28-17-8-6-7-16(13-17)14-26-20(30)11-12-29-22(32)18-9-4-5-10-19(18)23(29)33/h4-10,13H,11-12,14-15H2,1-3H3,(H,26,30)(H,27,34)(H,28,31). The monoisotopic (exact) mass is 480 g/mol. The number of amides is 5. The molecule has 1 heterocycles. The van der Waals surface area contributed by atoms with Crippen LogP contribution in [0.25, 0.3) is 0 Å². The third-order valence-electron chi connectivity index (χ3n) is 4.93. The zero-order valence-corrected chi connectivity index (χ0v) is 19.8. The highest BCUT2D eigenvalue weighted by atomic mass is 16.6. The Kier molecular flexibility index (Phi) is 7.85. The number of carbonyl (C=O) groups is 5. The van der Waals surface area contributed by atoms with Crippen molar-refractivity contribution in [1.82, 2.24) is 15.5 Å². The Morgan fingerprint density at radius 2 is 1.54 bits per heavy atom. The van der Waals surface area contributed by atoms with Crippen molar-refractivity contribution in [3.8, 4) is 0 Å². The lowest BCUT2D eigenvalue weighted by Crippen LogP contribution is -2.37. The van der Waals surface area contributed by atoms with Gasteiger partial charge in [-0.05, 0) is 50.6 Å². The average molecular weight is 481 g/mol. The highest BCUT2D eigenvalue weighted by Crippen LogP contribution is 2.22. The van der Waals surface area contributed by atoms with Crippen LogP contribution in [0.2, 0.25) is 0 Å². The Morgan fingerprint density at radius 1 is 0.886 bits per heavy atom. The molecule has 0 saturated carbocycles. The van der Waals surface area contributed by atoms with Crippen molar-refractivity contribution in [2.24, 2.45) is 0 Å². The fourth-order valence-electron chi connectivity index (χ4n) is 3.38. The van der Waals surface area contributed by atoms with Gasteiger partial charge in [0.2, 0.25) is 11.8 Å². The lowest BCUT2D eigenvalue weighted by Gasteiger charge is -2.19. The molecule has 0 bridgehead atoms. The Labute approximate surface area is 203 Å². The van der Waals surface area contributed by atoms with Gasteiger partial charge in [0.1, 0.15) is 12.1 Å². The van der Waals surface area contributed by atoms with Crippen molar-refractivity contribution >= 4 is 35.4 Å². The molecule has 35 heavy (non-hydrogen) atoms. The van der Waals surface area contributed by atoms with Gasteiger partial charge >= 0.3 is 6.09 Å². The van der Waals surface area contributed by atoms with Crippen molar-refractivity contribution in [2.45, 2.75) is 39.3 Å². The minimum atomic E-state index is -0.690. The first-order chi connectivity index (χ1) is 16.5. The number of nitrogens with one attached hydrogen (secondary N) is 3. The predicted molar refractivity (Wildman–Crippen MR) is 128 cm³/mol. The second-order valence-corrected chi connectivity index (χ2v) is 8.94. The summed E-state index contributed by atoms with van der Waals surface area (Å²) in [5, 5.41) is 7.79. The minimum absolute atomic E-state index is 0.0150. The van der Waals surface area contributed by atoms with E-state index in [1.54, 1.807) is 69.3 Å². The average Bonchev–Trinajstić information content (AvgIpc) is 3.04. The molecule has 0 atom stereocenters. The molecule has 0 spiro atoms. The van der Waals surface area contributed by atoms with E-state index in [-0.39, 0.29) is 32.0 Å². The van der Waals surface area contributed by atoms with E-state index in [0.29, 0.717) is 16.8 Å². The van der Waals surface area contributed by atoms with Crippen LogP contribution >= 0.6 is 0 Å². The van der Waals surface area contributed by atoms with Crippen molar-refractivity contribution in [3.05, 3.63) is 65.2 Å². The molecule has 1 aliphatic heterocycles. The zero-order valence-electron chi connectivity index (χ0n) is 19.8. The summed E-state index contributed by atoms with van der Waals surface area (Å²) in [6, 6.07) is 13.4. The summed E-state index contributed by atoms with van der Waals surface area (Å²) in [5.41, 5.74) is 1.26. The second-order valence-electron chi connectivity index (χ2n) is 8.94. The number of imide groups is 1. The first-order valence-electron chi connectivity index (χ1n) is 11.1. The first kappa shape index (κ1) is 25.4. The molecule has 0 saturated heterocycles. The number of hydrogen-bond acceptors (Lipinski definition) is 6. The Bertz CT molecular complexity index is 1120. The first-order valence-corrected chi connectivity index (χ1v) is 11.1. The Morgan fingerprint density at radius 3 is 2.17 bits per heavy atom. The van der Waals surface area contributed by atoms with Gasteiger partial charge in [-0.2, -0.15) is 0 Å². The third-order valence-corrected chi connectivity index (χ3v) is 4.93. The number of alkyl carbamates (subject to hydrolysis) is 1. The maximum atomic E-state index is 12.4. The molecule has 10 nitrogen and oxygen atoms in total. The molecule has 0 fully saturated rings. The summed E-state index contributed by atoms with van der Waals surface area (Å²) in [5.74, 6) is -1.55. The van der Waals surface area contributed by atoms with E-state index >= 15 is 0 Å². The van der Waals surface area contributed by atoms with E-state index in [0.717, 1.165) is 10.5 Å². The molecule has 2 aromatic carbocycles. The fraction of sp³-hybridized carbons (Fsp3) is 0.320. The molecule has 184 valence electrons. The zero-order chi connectivity index (χ0) is 25.6. The molecule has 0 unspecified atom stereocenters. The van der Waals surface area contributed by atoms with Crippen LogP contribution in [0.3, 0.4) is 0 Å². The van der Waals surface area contributed by atoms with Gasteiger partial charge in [0, 0.05) is 25.2 Å². The van der Waals surface area contributed by atoms with Crippen LogP contribution < -0.4 is 16.0 Å². The van der Waals surface area contributed by atoms with E-state index in [4.69, 9.17) is 4.74 Å². The van der Waals surface area contributed by atoms with E-state index in [2.05, 4.69) is 16.0 Å². The molecule has 0 aliphatic carbocycles. The lowest BCUT2D eigenvalue weighted by molar-refractivity contribution is -0.121. The minimum Gasteiger partial charge on any atom is -0.444 e. The van der Waals surface area contributed by atoms with Gasteiger partial charge in [-0.15, -0.1) is 0 Å². The molecule has 0 aromatic heterocycles. The molecular formula is C25H28N4O6. The van der Waals surface area contributed by atoms with Crippen LogP contribution in [0, 0.1) is 0 Å². The van der Waals surface area contributed by atoms with Gasteiger partial charge in [-0.25, -0.2) is 4.79 Å². The van der Waals surface area contributed by atoms with Crippen molar-refractivity contribution in [2.75, 3.05) is 18.4 Å². The molecule has 1 aliphatic rings. The molecule has 2 aromatic rings. The van der Waals surface area contributed by atoms with Crippen LogP contribution in [-0.4, -0.2) is 53.3 Å². The van der Waals surface area contributed by atoms with Crippen molar-refractivity contribution < 1.29 is 28.7 Å². The summed E-state index contributed by atoms with van der Waals surface area (Å²) in [6.07, 6.45) is -0.719. The third kappa shape index (κ3) is 7.13. The number of rotatable bonds is 8. The highest BCUT2D eigenvalue weighted by molar-refractivity contribution is 6.21. The normalized spacial score (nSPS) is 12.7. The highest BCUT2D eigenvalue weighted by Gasteiger charge is 2.34. The van der Waals surface area contributed by atoms with E-state index < -0.39 is 29.4 Å². The molecule has 3 N–H and O–H groups in total. The molecule has 5 amide bonds. The second kappa shape index (κ2) is 10.8. The molecule has 10 heteroatoms. The summed E-state index contributed by atoms with van der Waals surface area (Å²) in [7, 11) is 0. The number of benzene rings is 2. The smallest absolute Gasteiger partial charge is 0.408 e. The molecule has 3 rings (SSSR count). The van der Waals surface area contributed by atoms with Gasteiger partial charge in [0.25, 0.3) is 11.8 Å². The van der Waals surface area contributed by atoms with Crippen LogP contribution in [0.5, 0.6) is 0 Å². The van der Waals surface area contributed by atoms with Gasteiger partial charge in [-0.3, -0.25) is 24.1 Å². The number of anilines is 1. The van der Waals surface area contributed by atoms with Gasteiger partial charge in [-0.1, -0.05) is 24.3 Å². The summed E-state index contributed by atoms with van der Waals surface area (Å²) >= 11 is 0.